The number of halogens is 7. The molecule has 0 spiro atoms. The van der Waals surface area contributed by atoms with Crippen LogP contribution in [0.4, 0.5) is 30.7 Å². The summed E-state index contributed by atoms with van der Waals surface area (Å²) in [6, 6.07) is 0. The van der Waals surface area contributed by atoms with Crippen LogP contribution in [-0.2, 0) is 9.62 Å². The van der Waals surface area contributed by atoms with Crippen molar-refractivity contribution in [3.8, 4) is 0 Å². The van der Waals surface area contributed by atoms with Gasteiger partial charge in [-0.15, -0.1) is 0 Å². The molecule has 3 unspecified atom stereocenters. The van der Waals surface area contributed by atoms with Crippen LogP contribution in [0.1, 0.15) is 32.4 Å². The smallest absolute Gasteiger partial charge is 0.376 e. The lowest BCUT2D eigenvalue weighted by molar-refractivity contribution is -0.352. The third-order valence-electron chi connectivity index (χ3n) is 3.57. The first kappa shape index (κ1) is 21.6. The predicted octanol–water partition coefficient (Wildman–Crippen LogP) is 4.41. The molecule has 0 fully saturated rings. The van der Waals surface area contributed by atoms with Gasteiger partial charge in [0.05, 0.1) is 5.56 Å². The number of ether oxygens (including phenoxy) is 1. The Balaban J connectivity index is 3.68. The van der Waals surface area contributed by atoms with E-state index < -0.39 is 58.8 Å². The van der Waals surface area contributed by atoms with E-state index >= 15 is 0 Å². The molecule has 0 saturated carbocycles. The largest absolute Gasteiger partial charge is 0.397 e. The first-order valence-corrected chi connectivity index (χ1v) is 6.87. The fraction of sp³-hybridized carbons (Fsp3) is 0.643. The van der Waals surface area contributed by atoms with Crippen molar-refractivity contribution in [2.45, 2.75) is 39.2 Å². The van der Waals surface area contributed by atoms with Crippen molar-refractivity contribution in [1.82, 2.24) is 4.98 Å². The zero-order chi connectivity index (χ0) is 19.7. The molecule has 1 rings (SSSR count). The van der Waals surface area contributed by atoms with E-state index in [0.29, 0.717) is 7.11 Å². The molecule has 0 aliphatic carbocycles. The molecule has 1 aromatic heterocycles. The zero-order valence-corrected chi connectivity index (χ0v) is 13.6. The van der Waals surface area contributed by atoms with Gasteiger partial charge < -0.3 is 4.74 Å². The lowest BCUT2D eigenvalue weighted by Gasteiger charge is -2.39. The third kappa shape index (κ3) is 4.39. The second-order valence-corrected chi connectivity index (χ2v) is 6.35. The Morgan fingerprint density at radius 1 is 0.960 bits per heavy atom. The van der Waals surface area contributed by atoms with Gasteiger partial charge in [0.15, 0.2) is 11.6 Å². The van der Waals surface area contributed by atoms with Gasteiger partial charge in [-0.25, -0.2) is 13.7 Å². The van der Waals surface area contributed by atoms with E-state index in [0.717, 1.165) is 0 Å². The number of rotatable bonds is 5. The van der Waals surface area contributed by atoms with E-state index in [1.54, 1.807) is 0 Å². The van der Waals surface area contributed by atoms with Crippen LogP contribution in [0.25, 0.3) is 0 Å². The van der Waals surface area contributed by atoms with Gasteiger partial charge in [0, 0.05) is 7.11 Å². The van der Waals surface area contributed by atoms with Gasteiger partial charge in [0.2, 0.25) is 0 Å². The fourth-order valence-corrected chi connectivity index (χ4v) is 2.46. The maximum absolute atomic E-state index is 13.9. The SMILES string of the molecule is COC(c1c(F)c(F)nc(F)c1F)C(C(OO)C(C)(C)C)C(F)(F)F. The fourth-order valence-electron chi connectivity index (χ4n) is 2.46. The quantitative estimate of drug-likeness (QED) is 0.356. The van der Waals surface area contributed by atoms with E-state index in [-0.39, 0.29) is 0 Å². The van der Waals surface area contributed by atoms with E-state index in [1.165, 1.54) is 20.8 Å². The number of hydrogen-bond acceptors (Lipinski definition) is 4. The van der Waals surface area contributed by atoms with Gasteiger partial charge >= 0.3 is 6.18 Å². The van der Waals surface area contributed by atoms with Crippen LogP contribution in [-0.4, -0.2) is 29.6 Å². The second kappa shape index (κ2) is 7.42. The van der Waals surface area contributed by atoms with Crippen molar-refractivity contribution in [3.63, 3.8) is 0 Å². The van der Waals surface area contributed by atoms with Gasteiger partial charge in [-0.1, -0.05) is 20.8 Å². The predicted molar refractivity (Wildman–Crippen MR) is 70.3 cm³/mol. The molecule has 0 amide bonds. The van der Waals surface area contributed by atoms with Crippen LogP contribution >= 0.6 is 0 Å². The molecular weight excluding hydrogens is 363 g/mol. The first-order chi connectivity index (χ1) is 11.3. The van der Waals surface area contributed by atoms with Gasteiger partial charge in [-0.3, -0.25) is 5.26 Å². The van der Waals surface area contributed by atoms with E-state index in [1.807, 2.05) is 0 Å². The van der Waals surface area contributed by atoms with Crippen LogP contribution < -0.4 is 0 Å². The minimum absolute atomic E-state index is 0.662. The molecule has 1 aromatic rings. The van der Waals surface area contributed by atoms with Crippen LogP contribution in [0.5, 0.6) is 0 Å². The summed E-state index contributed by atoms with van der Waals surface area (Å²) in [4.78, 5) is 6.18. The average molecular weight is 379 g/mol. The number of alkyl halides is 3. The van der Waals surface area contributed by atoms with Gasteiger partial charge in [-0.05, 0) is 5.41 Å². The molecule has 4 nitrogen and oxygen atoms in total. The Morgan fingerprint density at radius 2 is 1.40 bits per heavy atom. The number of hydrogen-bond donors (Lipinski definition) is 1. The minimum Gasteiger partial charge on any atom is -0.376 e. The summed E-state index contributed by atoms with van der Waals surface area (Å²) in [5, 5.41) is 8.93. The lowest BCUT2D eigenvalue weighted by atomic mass is 9.77. The molecule has 1 heterocycles. The Labute approximate surface area is 138 Å². The molecule has 3 atom stereocenters. The summed E-state index contributed by atoms with van der Waals surface area (Å²) in [5.41, 5.74) is -3.02. The first-order valence-electron chi connectivity index (χ1n) is 6.87. The van der Waals surface area contributed by atoms with Crippen LogP contribution in [0.3, 0.4) is 0 Å². The van der Waals surface area contributed by atoms with Crippen molar-refractivity contribution in [3.05, 3.63) is 29.1 Å². The molecule has 0 radical (unpaired) electrons. The Hall–Kier alpha value is -1.46. The van der Waals surface area contributed by atoms with Crippen molar-refractivity contribution in [2.24, 2.45) is 11.3 Å². The number of aromatic nitrogens is 1. The van der Waals surface area contributed by atoms with E-state index in [9.17, 15) is 30.7 Å². The highest BCUT2D eigenvalue weighted by Gasteiger charge is 2.56. The Kier molecular flexibility index (Phi) is 6.41. The third-order valence-corrected chi connectivity index (χ3v) is 3.57. The van der Waals surface area contributed by atoms with Crippen molar-refractivity contribution >= 4 is 0 Å². The number of methoxy groups -OCH3 is 1. The molecule has 11 heteroatoms. The van der Waals surface area contributed by atoms with Crippen molar-refractivity contribution in [1.29, 1.82) is 0 Å². The maximum atomic E-state index is 13.9. The lowest BCUT2D eigenvalue weighted by Crippen LogP contribution is -2.47. The summed E-state index contributed by atoms with van der Waals surface area (Å²) in [5.74, 6) is -11.4. The summed E-state index contributed by atoms with van der Waals surface area (Å²) in [6.07, 6.45) is -9.84. The molecule has 144 valence electrons. The molecule has 25 heavy (non-hydrogen) atoms. The second-order valence-electron chi connectivity index (χ2n) is 6.35. The highest BCUT2D eigenvalue weighted by Crippen LogP contribution is 2.47. The van der Waals surface area contributed by atoms with Crippen LogP contribution in [0.2, 0.25) is 0 Å². The molecule has 1 N–H and O–H groups in total. The Bertz CT molecular complexity index is 590. The van der Waals surface area contributed by atoms with Gasteiger partial charge in [0.1, 0.15) is 18.1 Å². The molecule has 0 aliphatic rings. The minimum atomic E-state index is -5.21. The highest BCUT2D eigenvalue weighted by molar-refractivity contribution is 5.22. The van der Waals surface area contributed by atoms with E-state index in [4.69, 9.17) is 5.26 Å². The summed E-state index contributed by atoms with van der Waals surface area (Å²) < 4.78 is 99.6. The maximum Gasteiger partial charge on any atom is 0.397 e. The summed E-state index contributed by atoms with van der Waals surface area (Å²) >= 11 is 0. The van der Waals surface area contributed by atoms with Crippen molar-refractivity contribution in [2.75, 3.05) is 7.11 Å². The Morgan fingerprint density at radius 3 is 1.68 bits per heavy atom. The molecular formula is C14H16F7NO3. The standard InChI is InChI=1S/C14H16F7NO3/c1-13(2,3)10(25-23)6(14(19,20)21)9(24-4)5-7(15)11(17)22-12(18)8(5)16/h6,9-10,23H,1-4H3. The monoisotopic (exact) mass is 379 g/mol. The van der Waals surface area contributed by atoms with E-state index in [2.05, 4.69) is 14.6 Å². The molecule has 0 saturated heterocycles. The highest BCUT2D eigenvalue weighted by atomic mass is 19.4. The molecule has 0 aromatic carbocycles. The zero-order valence-electron chi connectivity index (χ0n) is 13.6. The summed E-state index contributed by atoms with van der Waals surface area (Å²) in [6.45, 7) is 3.75. The topological polar surface area (TPSA) is 51.6 Å². The van der Waals surface area contributed by atoms with Gasteiger partial charge in [-0.2, -0.15) is 26.9 Å². The summed E-state index contributed by atoms with van der Waals surface area (Å²) in [7, 11) is 0.662. The van der Waals surface area contributed by atoms with Crippen molar-refractivity contribution < 1.29 is 45.6 Å². The van der Waals surface area contributed by atoms with Crippen LogP contribution in [0, 0.1) is 34.9 Å². The normalized spacial score (nSPS) is 16.6. The average Bonchev–Trinajstić information content (AvgIpc) is 2.45. The molecule has 0 aliphatic heterocycles. The molecule has 0 bridgehead atoms. The van der Waals surface area contributed by atoms with Gasteiger partial charge in [0.25, 0.3) is 11.9 Å². The number of pyridine rings is 1. The number of nitrogens with zero attached hydrogens (tertiary/aromatic N) is 1. The van der Waals surface area contributed by atoms with Crippen LogP contribution in [0.15, 0.2) is 0 Å².